The molecule has 5 nitrogen and oxygen atoms in total. The molecule has 8 heteroatoms. The highest BCUT2D eigenvalue weighted by molar-refractivity contribution is 9.10. The van der Waals surface area contributed by atoms with E-state index in [-0.39, 0.29) is 16.4 Å². The lowest BCUT2D eigenvalue weighted by Gasteiger charge is -2.08. The van der Waals surface area contributed by atoms with Crippen LogP contribution in [0.5, 0.6) is 0 Å². The molecule has 1 aromatic rings. The quantitative estimate of drug-likeness (QED) is 0.568. The van der Waals surface area contributed by atoms with Crippen LogP contribution in [-0.2, 0) is 13.8 Å². The highest BCUT2D eigenvalue weighted by Crippen LogP contribution is 2.28. The molecule has 1 amide bonds. The second-order valence-corrected chi connectivity index (χ2v) is 8.27. The molecule has 1 aromatic carbocycles. The molecule has 0 aromatic heterocycles. The first-order valence-electron chi connectivity index (χ1n) is 6.48. The number of carbonyl (C=O) groups excluding carboxylic acids is 1. The van der Waals surface area contributed by atoms with Crippen LogP contribution in [-0.4, -0.2) is 34.1 Å². The largest absolute Gasteiger partial charge is 0.379 e. The van der Waals surface area contributed by atoms with Crippen molar-refractivity contribution in [1.82, 2.24) is 5.32 Å². The summed E-state index contributed by atoms with van der Waals surface area (Å²) in [6.07, 6.45) is 2.44. The van der Waals surface area contributed by atoms with E-state index in [2.05, 4.69) is 21.2 Å². The maximum Gasteiger partial charge on any atom is 0.261 e. The van der Waals surface area contributed by atoms with E-state index in [0.717, 1.165) is 6.61 Å². The Labute approximate surface area is 136 Å². The summed E-state index contributed by atoms with van der Waals surface area (Å²) < 4.78 is 28.5. The van der Waals surface area contributed by atoms with Gasteiger partial charge in [-0.25, -0.2) is 8.42 Å². The van der Waals surface area contributed by atoms with Crippen molar-refractivity contribution in [2.75, 3.05) is 19.8 Å². The molecule has 0 spiro atoms. The van der Waals surface area contributed by atoms with Crippen LogP contribution in [0.3, 0.4) is 0 Å². The van der Waals surface area contributed by atoms with Gasteiger partial charge >= 0.3 is 0 Å². The van der Waals surface area contributed by atoms with Gasteiger partial charge in [-0.2, -0.15) is 0 Å². The molecule has 1 fully saturated rings. The maximum atomic E-state index is 12.0. The number of halogens is 2. The number of amides is 1. The van der Waals surface area contributed by atoms with E-state index in [1.165, 1.54) is 31.0 Å². The fourth-order valence-corrected chi connectivity index (χ4v) is 2.90. The van der Waals surface area contributed by atoms with Gasteiger partial charge < -0.3 is 10.1 Å². The molecule has 0 unspecified atom stereocenters. The molecule has 21 heavy (non-hydrogen) atoms. The minimum Gasteiger partial charge on any atom is -0.379 e. The molecule has 1 saturated carbocycles. The Bertz CT molecular complexity index is 631. The Balaban J connectivity index is 1.91. The fourth-order valence-electron chi connectivity index (χ4n) is 1.70. The lowest BCUT2D eigenvalue weighted by atomic mass is 10.2. The van der Waals surface area contributed by atoms with Gasteiger partial charge in [-0.3, -0.25) is 4.79 Å². The Hall–Kier alpha value is -0.630. The van der Waals surface area contributed by atoms with Crippen LogP contribution < -0.4 is 5.32 Å². The van der Waals surface area contributed by atoms with Crippen molar-refractivity contribution in [1.29, 1.82) is 0 Å². The van der Waals surface area contributed by atoms with Crippen LogP contribution in [0.15, 0.2) is 27.6 Å². The van der Waals surface area contributed by atoms with E-state index in [4.69, 9.17) is 15.4 Å². The maximum absolute atomic E-state index is 12.0. The SMILES string of the molecule is O=C(NCCOCC1CC1)c1cc(S(=O)(=O)Cl)ccc1Br. The summed E-state index contributed by atoms with van der Waals surface area (Å²) in [5, 5.41) is 2.68. The van der Waals surface area contributed by atoms with Crippen LogP contribution in [0.25, 0.3) is 0 Å². The van der Waals surface area contributed by atoms with Gasteiger partial charge in [-0.15, -0.1) is 0 Å². The molecular weight excluding hydrogens is 382 g/mol. The van der Waals surface area contributed by atoms with E-state index >= 15 is 0 Å². The number of hydrogen-bond donors (Lipinski definition) is 1. The van der Waals surface area contributed by atoms with E-state index < -0.39 is 9.05 Å². The van der Waals surface area contributed by atoms with Gasteiger partial charge in [0.05, 0.1) is 17.1 Å². The number of ether oxygens (including phenoxy) is 1. The summed E-state index contributed by atoms with van der Waals surface area (Å²) >= 11 is 3.22. The average Bonchev–Trinajstić information content (AvgIpc) is 3.21. The third kappa shape index (κ3) is 5.25. The number of nitrogens with one attached hydrogen (secondary N) is 1. The molecule has 116 valence electrons. The average molecular weight is 397 g/mol. The molecule has 0 aliphatic heterocycles. The molecule has 1 aliphatic rings. The summed E-state index contributed by atoms with van der Waals surface area (Å²) in [7, 11) is 1.41. The van der Waals surface area contributed by atoms with Crippen molar-refractivity contribution in [3.8, 4) is 0 Å². The zero-order chi connectivity index (χ0) is 15.5. The van der Waals surface area contributed by atoms with Gasteiger partial charge in [0.2, 0.25) is 0 Å². The van der Waals surface area contributed by atoms with Crippen molar-refractivity contribution < 1.29 is 17.9 Å². The van der Waals surface area contributed by atoms with Gasteiger partial charge in [0.25, 0.3) is 15.0 Å². The second-order valence-electron chi connectivity index (χ2n) is 4.85. The fraction of sp³-hybridized carbons (Fsp3) is 0.462. The summed E-state index contributed by atoms with van der Waals surface area (Å²) in [6, 6.07) is 4.06. The first kappa shape index (κ1) is 16.7. The van der Waals surface area contributed by atoms with Gasteiger partial charge in [0, 0.05) is 28.3 Å². The summed E-state index contributed by atoms with van der Waals surface area (Å²) in [6.45, 7) is 1.54. The molecule has 1 N–H and O–H groups in total. The molecular formula is C13H15BrClNO4S. The first-order chi connectivity index (χ1) is 9.88. The molecule has 0 heterocycles. The Kier molecular flexibility index (Phi) is 5.65. The van der Waals surface area contributed by atoms with Crippen LogP contribution in [0.4, 0.5) is 0 Å². The molecule has 2 rings (SSSR count). The van der Waals surface area contributed by atoms with E-state index in [0.29, 0.717) is 23.5 Å². The van der Waals surface area contributed by atoms with Crippen molar-refractivity contribution in [2.24, 2.45) is 5.92 Å². The molecule has 0 atom stereocenters. The van der Waals surface area contributed by atoms with E-state index in [1.54, 1.807) is 0 Å². The first-order valence-corrected chi connectivity index (χ1v) is 9.58. The molecule has 1 aliphatic carbocycles. The predicted molar refractivity (Wildman–Crippen MR) is 83.1 cm³/mol. The van der Waals surface area contributed by atoms with Crippen molar-refractivity contribution in [2.45, 2.75) is 17.7 Å². The number of rotatable bonds is 7. The summed E-state index contributed by atoms with van der Waals surface area (Å²) in [5.74, 6) is 0.305. The molecule has 0 bridgehead atoms. The minimum atomic E-state index is -3.86. The predicted octanol–water partition coefficient (Wildman–Crippen LogP) is 2.53. The molecule has 0 saturated heterocycles. The van der Waals surface area contributed by atoms with Crippen LogP contribution in [0.1, 0.15) is 23.2 Å². The number of carbonyl (C=O) groups is 1. The Morgan fingerprint density at radius 1 is 1.43 bits per heavy atom. The van der Waals surface area contributed by atoms with Crippen molar-refractivity contribution >= 4 is 41.6 Å². The Morgan fingerprint density at radius 2 is 2.14 bits per heavy atom. The highest BCUT2D eigenvalue weighted by atomic mass is 79.9. The zero-order valence-corrected chi connectivity index (χ0v) is 14.3. The minimum absolute atomic E-state index is 0.109. The van der Waals surface area contributed by atoms with Crippen LogP contribution in [0.2, 0.25) is 0 Å². The van der Waals surface area contributed by atoms with Gasteiger partial charge in [0.1, 0.15) is 0 Å². The van der Waals surface area contributed by atoms with Crippen LogP contribution in [0, 0.1) is 5.92 Å². The summed E-state index contributed by atoms with van der Waals surface area (Å²) in [4.78, 5) is 11.9. The third-order valence-corrected chi connectivity index (χ3v) is 5.09. The van der Waals surface area contributed by atoms with Gasteiger partial charge in [-0.1, -0.05) is 0 Å². The van der Waals surface area contributed by atoms with Crippen molar-refractivity contribution in [3.63, 3.8) is 0 Å². The van der Waals surface area contributed by atoms with E-state index in [1.807, 2.05) is 0 Å². The smallest absolute Gasteiger partial charge is 0.261 e. The monoisotopic (exact) mass is 395 g/mol. The molecule has 0 radical (unpaired) electrons. The lowest BCUT2D eigenvalue weighted by molar-refractivity contribution is 0.0905. The van der Waals surface area contributed by atoms with Crippen LogP contribution >= 0.6 is 26.6 Å². The topological polar surface area (TPSA) is 72.5 Å². The van der Waals surface area contributed by atoms with Gasteiger partial charge in [-0.05, 0) is 52.9 Å². The highest BCUT2D eigenvalue weighted by Gasteiger charge is 2.21. The zero-order valence-electron chi connectivity index (χ0n) is 11.1. The normalized spacial score (nSPS) is 15.0. The Morgan fingerprint density at radius 3 is 2.76 bits per heavy atom. The van der Waals surface area contributed by atoms with E-state index in [9.17, 15) is 13.2 Å². The standard InChI is InChI=1S/C13H15BrClNO4S/c14-12-4-3-10(21(15,18)19)7-11(12)13(17)16-5-6-20-8-9-1-2-9/h3-4,7,9H,1-2,5-6,8H2,(H,16,17). The van der Waals surface area contributed by atoms with Crippen molar-refractivity contribution in [3.05, 3.63) is 28.2 Å². The summed E-state index contributed by atoms with van der Waals surface area (Å²) in [5.41, 5.74) is 0.221. The number of benzene rings is 1. The number of hydrogen-bond acceptors (Lipinski definition) is 4. The van der Waals surface area contributed by atoms with Gasteiger partial charge in [0.15, 0.2) is 0 Å². The third-order valence-electron chi connectivity index (χ3n) is 3.05. The second kappa shape index (κ2) is 7.09. The lowest BCUT2D eigenvalue weighted by Crippen LogP contribution is -2.27.